The van der Waals surface area contributed by atoms with E-state index in [9.17, 15) is 9.18 Å². The summed E-state index contributed by atoms with van der Waals surface area (Å²) < 4.78 is 26.9. The Kier molecular flexibility index (Phi) is 5.57. The molecule has 2 bridgehead atoms. The van der Waals surface area contributed by atoms with E-state index >= 15 is 0 Å². The molecule has 6 rings (SSSR count). The zero-order valence-corrected chi connectivity index (χ0v) is 20.1. The smallest absolute Gasteiger partial charge is 0.335 e. The highest BCUT2D eigenvalue weighted by Gasteiger charge is 2.46. The largest absolute Gasteiger partial charge is 0.478 e. The lowest BCUT2D eigenvalue weighted by molar-refractivity contribution is 0.0122. The van der Waals surface area contributed by atoms with Crippen LogP contribution in [0.4, 0.5) is 10.1 Å². The van der Waals surface area contributed by atoms with E-state index in [1.54, 1.807) is 6.07 Å². The number of carboxylic acids is 1. The van der Waals surface area contributed by atoms with Crippen LogP contribution in [0.3, 0.4) is 0 Å². The van der Waals surface area contributed by atoms with Crippen LogP contribution in [-0.4, -0.2) is 34.9 Å². The van der Waals surface area contributed by atoms with Crippen LogP contribution in [0.25, 0.3) is 11.3 Å². The highest BCUT2D eigenvalue weighted by molar-refractivity contribution is 6.33. The number of rotatable bonds is 7. The summed E-state index contributed by atoms with van der Waals surface area (Å²) in [5, 5.41) is 14.2. The summed E-state index contributed by atoms with van der Waals surface area (Å²) in [5.74, 6) is -0.0337. The molecule has 0 radical (unpaired) electrons. The van der Waals surface area contributed by atoms with Crippen LogP contribution in [0, 0.1) is 18.7 Å². The van der Waals surface area contributed by atoms with Crippen LogP contribution < -0.4 is 4.90 Å². The number of hydrogen-bond acceptors (Lipinski definition) is 5. The van der Waals surface area contributed by atoms with Gasteiger partial charge in [-0.15, -0.1) is 0 Å². The number of aromatic carboxylic acids is 1. The number of nitrogens with zero attached hydrogens (tertiary/aromatic N) is 2. The molecule has 1 unspecified atom stereocenters. The minimum absolute atomic E-state index is 0.0402. The minimum atomic E-state index is -1.13. The molecule has 1 aliphatic heterocycles. The summed E-state index contributed by atoms with van der Waals surface area (Å²) in [5.41, 5.74) is 4.11. The summed E-state index contributed by atoms with van der Waals surface area (Å²) in [6.07, 6.45) is 3.99. The number of hydrogen-bond donors (Lipinski definition) is 1. The van der Waals surface area contributed by atoms with Crippen molar-refractivity contribution in [1.82, 2.24) is 5.16 Å². The van der Waals surface area contributed by atoms with Crippen molar-refractivity contribution in [1.29, 1.82) is 0 Å². The first-order valence-corrected chi connectivity index (χ1v) is 12.4. The summed E-state index contributed by atoms with van der Waals surface area (Å²) in [6.45, 7) is 3.11. The molecule has 2 aromatic carbocycles. The highest BCUT2D eigenvalue weighted by atomic mass is 35.5. The van der Waals surface area contributed by atoms with E-state index in [-0.39, 0.29) is 23.6 Å². The van der Waals surface area contributed by atoms with E-state index in [4.69, 9.17) is 26.0 Å². The molecular weight excluding hydrogens is 471 g/mol. The average molecular weight is 497 g/mol. The van der Waals surface area contributed by atoms with Gasteiger partial charge in [0.2, 0.25) is 0 Å². The van der Waals surface area contributed by atoms with Crippen molar-refractivity contribution in [3.8, 4) is 11.3 Å². The maximum Gasteiger partial charge on any atom is 0.335 e. The first-order chi connectivity index (χ1) is 16.9. The van der Waals surface area contributed by atoms with E-state index in [2.05, 4.69) is 10.1 Å². The van der Waals surface area contributed by atoms with Gasteiger partial charge in [0.15, 0.2) is 0 Å². The first kappa shape index (κ1) is 22.6. The normalized spacial score (nSPS) is 23.3. The van der Waals surface area contributed by atoms with Gasteiger partial charge >= 0.3 is 5.97 Å². The van der Waals surface area contributed by atoms with Crippen molar-refractivity contribution in [3.63, 3.8) is 0 Å². The topological polar surface area (TPSA) is 75.8 Å². The van der Waals surface area contributed by atoms with E-state index in [1.165, 1.54) is 6.07 Å². The van der Waals surface area contributed by atoms with Gasteiger partial charge in [-0.2, -0.15) is 0 Å². The highest BCUT2D eigenvalue weighted by Crippen LogP contribution is 2.47. The van der Waals surface area contributed by atoms with Gasteiger partial charge in [-0.05, 0) is 62.4 Å². The monoisotopic (exact) mass is 496 g/mol. The van der Waals surface area contributed by atoms with E-state index in [1.807, 2.05) is 25.1 Å². The standard InChI is InChI=1S/C27H26ClFN2O4/c1-14-3-2-4-20(28)24(14)25-19(26(35-30-25)15-5-6-15)13-34-23-11-18-9-17(23)12-31(18)22-8-7-16(27(32)33)10-21(22)29/h2-4,7-8,10,15,17-18,23H,5-6,9,11-13H2,1H3,(H,32,33)/t17-,18-,23?/m0/s1. The summed E-state index contributed by atoms with van der Waals surface area (Å²) in [6, 6.07) is 10.1. The Labute approximate surface area is 207 Å². The number of carbonyl (C=O) groups is 1. The van der Waals surface area contributed by atoms with E-state index in [0.717, 1.165) is 59.9 Å². The van der Waals surface area contributed by atoms with Crippen molar-refractivity contribution in [3.05, 3.63) is 69.7 Å². The third-order valence-electron chi connectivity index (χ3n) is 7.65. The van der Waals surface area contributed by atoms with Crippen molar-refractivity contribution < 1.29 is 23.6 Å². The molecule has 2 heterocycles. The predicted molar refractivity (Wildman–Crippen MR) is 129 cm³/mol. The summed E-state index contributed by atoms with van der Waals surface area (Å²) in [4.78, 5) is 13.2. The van der Waals surface area contributed by atoms with Crippen molar-refractivity contribution in [2.75, 3.05) is 11.4 Å². The molecule has 0 amide bonds. The number of ether oxygens (including phenoxy) is 1. The molecule has 8 heteroatoms. The Morgan fingerprint density at radius 3 is 2.77 bits per heavy atom. The van der Waals surface area contributed by atoms with Crippen LogP contribution in [-0.2, 0) is 11.3 Å². The Hall–Kier alpha value is -2.90. The predicted octanol–water partition coefficient (Wildman–Crippen LogP) is 6.20. The van der Waals surface area contributed by atoms with Gasteiger partial charge in [0.1, 0.15) is 17.3 Å². The summed E-state index contributed by atoms with van der Waals surface area (Å²) >= 11 is 6.54. The fraction of sp³-hybridized carbons (Fsp3) is 0.407. The Bertz CT molecular complexity index is 1280. The van der Waals surface area contributed by atoms with E-state index < -0.39 is 11.8 Å². The third-order valence-corrected chi connectivity index (χ3v) is 7.96. The van der Waals surface area contributed by atoms with Crippen LogP contribution in [0.2, 0.25) is 5.02 Å². The van der Waals surface area contributed by atoms with E-state index in [0.29, 0.717) is 29.8 Å². The molecule has 3 atom stereocenters. The SMILES string of the molecule is Cc1cccc(Cl)c1-c1noc(C2CC2)c1COC1C[C@@H]2C[C@H]1CN2c1ccc(C(=O)O)cc1F. The van der Waals surface area contributed by atoms with Crippen LogP contribution in [0.1, 0.15) is 58.8 Å². The molecule has 3 aromatic rings. The van der Waals surface area contributed by atoms with Crippen LogP contribution in [0.15, 0.2) is 40.9 Å². The average Bonchev–Trinajstić information content (AvgIpc) is 3.28. The number of piperidine rings is 1. The molecule has 2 aliphatic carbocycles. The number of fused-ring (bicyclic) bond motifs is 2. The number of anilines is 1. The second-order valence-corrected chi connectivity index (χ2v) is 10.3. The number of benzene rings is 2. The van der Waals surface area contributed by atoms with Crippen molar-refractivity contribution >= 4 is 23.3 Å². The van der Waals surface area contributed by atoms with Gasteiger partial charge in [0, 0.05) is 35.5 Å². The second kappa shape index (κ2) is 8.64. The molecule has 1 aromatic heterocycles. The molecule has 2 saturated carbocycles. The molecule has 1 saturated heterocycles. The molecule has 35 heavy (non-hydrogen) atoms. The van der Waals surface area contributed by atoms with Crippen LogP contribution in [0.5, 0.6) is 0 Å². The maximum atomic E-state index is 14.7. The maximum absolute atomic E-state index is 14.7. The molecule has 3 aliphatic rings. The van der Waals surface area contributed by atoms with Crippen LogP contribution >= 0.6 is 11.6 Å². The molecular formula is C27H26ClFN2O4. The zero-order valence-electron chi connectivity index (χ0n) is 19.3. The van der Waals surface area contributed by atoms with Gasteiger partial charge in [-0.25, -0.2) is 9.18 Å². The molecule has 1 N–H and O–H groups in total. The Morgan fingerprint density at radius 2 is 2.11 bits per heavy atom. The molecule has 3 fully saturated rings. The fourth-order valence-corrected chi connectivity index (χ4v) is 6.04. The lowest BCUT2D eigenvalue weighted by Gasteiger charge is -2.33. The molecule has 6 nitrogen and oxygen atoms in total. The minimum Gasteiger partial charge on any atom is -0.478 e. The number of aryl methyl sites for hydroxylation is 1. The summed E-state index contributed by atoms with van der Waals surface area (Å²) in [7, 11) is 0. The van der Waals surface area contributed by atoms with Gasteiger partial charge in [0.25, 0.3) is 0 Å². The number of carboxylic acid groups (broad SMARTS) is 1. The van der Waals surface area contributed by atoms with Gasteiger partial charge in [-0.1, -0.05) is 28.9 Å². The second-order valence-electron chi connectivity index (χ2n) is 9.94. The molecule has 182 valence electrons. The third kappa shape index (κ3) is 4.00. The van der Waals surface area contributed by atoms with Gasteiger partial charge in [0.05, 0.1) is 29.0 Å². The molecule has 0 spiro atoms. The van der Waals surface area contributed by atoms with Crippen molar-refractivity contribution in [2.45, 2.75) is 57.3 Å². The quantitative estimate of drug-likeness (QED) is 0.419. The fourth-order valence-electron chi connectivity index (χ4n) is 5.72. The van der Waals surface area contributed by atoms with Crippen molar-refractivity contribution in [2.24, 2.45) is 5.92 Å². The van der Waals surface area contributed by atoms with Gasteiger partial charge in [-0.3, -0.25) is 0 Å². The zero-order chi connectivity index (χ0) is 24.3. The lowest BCUT2D eigenvalue weighted by atomic mass is 10.00. The first-order valence-electron chi connectivity index (χ1n) is 12.1. The van der Waals surface area contributed by atoms with Gasteiger partial charge < -0.3 is 19.3 Å². The Balaban J connectivity index is 1.19. The lowest BCUT2D eigenvalue weighted by Crippen LogP contribution is -2.39. The number of aromatic nitrogens is 1. The Morgan fingerprint density at radius 1 is 1.29 bits per heavy atom. The number of halogens is 2.